The summed E-state index contributed by atoms with van der Waals surface area (Å²) in [7, 11) is 0. The number of ether oxygens (including phenoxy) is 1. The van der Waals surface area contributed by atoms with Crippen molar-refractivity contribution < 1.29 is 9.53 Å². The summed E-state index contributed by atoms with van der Waals surface area (Å²) in [5, 5.41) is 2.98. The highest BCUT2D eigenvalue weighted by molar-refractivity contribution is 5.95. The van der Waals surface area contributed by atoms with Crippen LogP contribution in [0.3, 0.4) is 0 Å². The highest BCUT2D eigenvalue weighted by Crippen LogP contribution is 2.33. The van der Waals surface area contributed by atoms with Gasteiger partial charge in [0.1, 0.15) is 12.4 Å². The Balaban J connectivity index is 1.82. The summed E-state index contributed by atoms with van der Waals surface area (Å²) in [6, 6.07) is 11.6. The first kappa shape index (κ1) is 15.6. The van der Waals surface area contributed by atoms with Crippen LogP contribution in [0.4, 0.5) is 5.69 Å². The molecule has 2 aromatic carbocycles. The molecule has 2 aromatic rings. The Labute approximate surface area is 136 Å². The highest BCUT2D eigenvalue weighted by Gasteiger charge is 2.21. The molecule has 1 atom stereocenters. The summed E-state index contributed by atoms with van der Waals surface area (Å²) < 4.78 is 5.78. The Hall–Kier alpha value is -2.33. The summed E-state index contributed by atoms with van der Waals surface area (Å²) in [5.74, 6) is 0.909. The van der Waals surface area contributed by atoms with E-state index in [1.807, 2.05) is 44.2 Å². The van der Waals surface area contributed by atoms with Gasteiger partial charge in [0.2, 0.25) is 5.91 Å². The second-order valence-corrected chi connectivity index (χ2v) is 6.03. The lowest BCUT2D eigenvalue weighted by molar-refractivity contribution is -0.116. The molecule has 0 bridgehead atoms. The molecule has 0 saturated heterocycles. The first-order valence-electron chi connectivity index (χ1n) is 7.92. The molecule has 0 radical (unpaired) electrons. The summed E-state index contributed by atoms with van der Waals surface area (Å²) in [6.07, 6.45) is 1.30. The van der Waals surface area contributed by atoms with Crippen molar-refractivity contribution in [3.8, 4) is 5.75 Å². The van der Waals surface area contributed by atoms with Crippen LogP contribution >= 0.6 is 0 Å². The van der Waals surface area contributed by atoms with Crippen LogP contribution in [-0.4, -0.2) is 12.5 Å². The smallest absolute Gasteiger partial charge is 0.224 e. The summed E-state index contributed by atoms with van der Waals surface area (Å²) in [4.78, 5) is 11.6. The molecular weight excluding hydrogens is 288 g/mol. The second-order valence-electron chi connectivity index (χ2n) is 6.03. The van der Waals surface area contributed by atoms with E-state index in [4.69, 9.17) is 10.5 Å². The maximum Gasteiger partial charge on any atom is 0.224 e. The molecule has 3 N–H and O–H groups in total. The molecule has 1 amide bonds. The molecule has 1 unspecified atom stereocenters. The largest absolute Gasteiger partial charge is 0.492 e. The van der Waals surface area contributed by atoms with Crippen molar-refractivity contribution in [2.45, 2.75) is 32.7 Å². The first-order chi connectivity index (χ1) is 11.1. The number of amides is 1. The third-order valence-corrected chi connectivity index (χ3v) is 4.48. The Morgan fingerprint density at radius 1 is 1.17 bits per heavy atom. The molecule has 4 heteroatoms. The van der Waals surface area contributed by atoms with Gasteiger partial charge in [-0.15, -0.1) is 0 Å². The number of carbonyl (C=O) groups is 1. The molecule has 1 aliphatic heterocycles. The van der Waals surface area contributed by atoms with E-state index in [2.05, 4.69) is 11.4 Å². The van der Waals surface area contributed by atoms with Crippen LogP contribution in [0.1, 0.15) is 34.7 Å². The van der Waals surface area contributed by atoms with Gasteiger partial charge in [-0.3, -0.25) is 4.79 Å². The average molecular weight is 310 g/mol. The van der Waals surface area contributed by atoms with E-state index in [-0.39, 0.29) is 11.9 Å². The van der Waals surface area contributed by atoms with Crippen LogP contribution < -0.4 is 15.8 Å². The van der Waals surface area contributed by atoms with Gasteiger partial charge in [-0.05, 0) is 54.7 Å². The van der Waals surface area contributed by atoms with E-state index in [9.17, 15) is 4.79 Å². The minimum Gasteiger partial charge on any atom is -0.492 e. The van der Waals surface area contributed by atoms with Crippen molar-refractivity contribution >= 4 is 11.6 Å². The van der Waals surface area contributed by atoms with Gasteiger partial charge in [0.25, 0.3) is 0 Å². The fourth-order valence-electron chi connectivity index (χ4n) is 3.01. The molecule has 120 valence electrons. The number of aryl methyl sites for hydroxylation is 1. The van der Waals surface area contributed by atoms with Gasteiger partial charge >= 0.3 is 0 Å². The minimum absolute atomic E-state index is 0.0875. The molecule has 23 heavy (non-hydrogen) atoms. The van der Waals surface area contributed by atoms with Crippen LogP contribution in [0, 0.1) is 13.8 Å². The van der Waals surface area contributed by atoms with Gasteiger partial charge in [-0.2, -0.15) is 0 Å². The van der Waals surface area contributed by atoms with E-state index in [0.29, 0.717) is 13.0 Å². The molecule has 0 saturated carbocycles. The van der Waals surface area contributed by atoms with E-state index in [0.717, 1.165) is 40.1 Å². The van der Waals surface area contributed by atoms with Crippen LogP contribution in [0.2, 0.25) is 0 Å². The third kappa shape index (κ3) is 3.22. The number of carbonyl (C=O) groups excluding carboxylic acids is 1. The van der Waals surface area contributed by atoms with Gasteiger partial charge in [-0.25, -0.2) is 0 Å². The maximum atomic E-state index is 11.6. The maximum absolute atomic E-state index is 11.6. The molecule has 1 heterocycles. The van der Waals surface area contributed by atoms with Crippen molar-refractivity contribution in [3.05, 3.63) is 58.7 Å². The Bertz CT molecular complexity index is 726. The van der Waals surface area contributed by atoms with Gasteiger partial charge in [0, 0.05) is 12.1 Å². The zero-order valence-corrected chi connectivity index (χ0v) is 13.6. The fraction of sp³-hybridized carbons (Fsp3) is 0.316. The summed E-state index contributed by atoms with van der Waals surface area (Å²) in [6.45, 7) is 4.51. The Morgan fingerprint density at radius 3 is 2.65 bits per heavy atom. The van der Waals surface area contributed by atoms with Crippen LogP contribution in [0.5, 0.6) is 5.75 Å². The topological polar surface area (TPSA) is 64.3 Å². The van der Waals surface area contributed by atoms with Crippen molar-refractivity contribution in [3.63, 3.8) is 0 Å². The SMILES string of the molecule is Cc1c(C(N)COc2ccccc2)cc2c(c1C)NC(=O)CC2. The lowest BCUT2D eigenvalue weighted by atomic mass is 9.90. The van der Waals surface area contributed by atoms with Gasteiger partial charge in [0.15, 0.2) is 0 Å². The zero-order valence-electron chi connectivity index (χ0n) is 13.6. The quantitative estimate of drug-likeness (QED) is 0.911. The number of para-hydroxylation sites is 1. The fourth-order valence-corrected chi connectivity index (χ4v) is 3.01. The number of hydrogen-bond donors (Lipinski definition) is 2. The number of hydrogen-bond acceptors (Lipinski definition) is 3. The molecule has 1 aliphatic rings. The molecule has 0 aromatic heterocycles. The van der Waals surface area contributed by atoms with E-state index in [1.54, 1.807) is 0 Å². The average Bonchev–Trinajstić information content (AvgIpc) is 2.57. The molecule has 3 rings (SSSR count). The predicted molar refractivity (Wildman–Crippen MR) is 91.7 cm³/mol. The molecule has 0 fully saturated rings. The molecule has 0 spiro atoms. The number of fused-ring (bicyclic) bond motifs is 1. The number of nitrogens with two attached hydrogens (primary N) is 1. The lowest BCUT2D eigenvalue weighted by Gasteiger charge is -2.25. The van der Waals surface area contributed by atoms with Crippen molar-refractivity contribution in [2.24, 2.45) is 5.73 Å². The van der Waals surface area contributed by atoms with Crippen LogP contribution in [-0.2, 0) is 11.2 Å². The number of rotatable bonds is 4. The molecule has 0 aliphatic carbocycles. The second kappa shape index (κ2) is 6.42. The van der Waals surface area contributed by atoms with Crippen molar-refractivity contribution in [1.29, 1.82) is 0 Å². The van der Waals surface area contributed by atoms with Gasteiger partial charge in [-0.1, -0.05) is 24.3 Å². The summed E-state index contributed by atoms with van der Waals surface area (Å²) in [5.41, 5.74) is 11.8. The van der Waals surface area contributed by atoms with Crippen molar-refractivity contribution in [1.82, 2.24) is 0 Å². The van der Waals surface area contributed by atoms with Gasteiger partial charge < -0.3 is 15.8 Å². The number of benzene rings is 2. The first-order valence-corrected chi connectivity index (χ1v) is 7.92. The van der Waals surface area contributed by atoms with Gasteiger partial charge in [0.05, 0.1) is 6.04 Å². The third-order valence-electron chi connectivity index (χ3n) is 4.48. The minimum atomic E-state index is -0.197. The van der Waals surface area contributed by atoms with E-state index < -0.39 is 0 Å². The monoisotopic (exact) mass is 310 g/mol. The predicted octanol–water partition coefficient (Wildman–Crippen LogP) is 3.27. The highest BCUT2D eigenvalue weighted by atomic mass is 16.5. The lowest BCUT2D eigenvalue weighted by Crippen LogP contribution is -2.24. The van der Waals surface area contributed by atoms with E-state index >= 15 is 0 Å². The number of nitrogens with one attached hydrogen (secondary N) is 1. The molecular formula is C19H22N2O2. The van der Waals surface area contributed by atoms with E-state index in [1.165, 1.54) is 0 Å². The zero-order chi connectivity index (χ0) is 16.4. The molecule has 4 nitrogen and oxygen atoms in total. The normalized spacial score (nSPS) is 14.8. The Morgan fingerprint density at radius 2 is 1.91 bits per heavy atom. The van der Waals surface area contributed by atoms with Crippen molar-refractivity contribution in [2.75, 3.05) is 11.9 Å². The standard InChI is InChI=1S/C19H22N2O2/c1-12-13(2)19-14(8-9-18(22)21-19)10-16(12)17(20)11-23-15-6-4-3-5-7-15/h3-7,10,17H,8-9,11,20H2,1-2H3,(H,21,22). The Kier molecular flexibility index (Phi) is 4.35. The van der Waals surface area contributed by atoms with Crippen LogP contribution in [0.15, 0.2) is 36.4 Å². The van der Waals surface area contributed by atoms with Crippen LogP contribution in [0.25, 0.3) is 0 Å². The number of anilines is 1. The summed E-state index contributed by atoms with van der Waals surface area (Å²) >= 11 is 0.